The third-order valence-electron chi connectivity index (χ3n) is 4.42. The maximum absolute atomic E-state index is 6.06. The summed E-state index contributed by atoms with van der Waals surface area (Å²) in [5.74, 6) is 2.28. The van der Waals surface area contributed by atoms with Gasteiger partial charge in [-0.3, -0.25) is 0 Å². The fourth-order valence-corrected chi connectivity index (χ4v) is 3.20. The van der Waals surface area contributed by atoms with Crippen molar-refractivity contribution >= 4 is 23.2 Å². The van der Waals surface area contributed by atoms with E-state index in [2.05, 4.69) is 16.4 Å². The molecule has 0 bridgehead atoms. The molecular formula is C19H22ClN3O2. The van der Waals surface area contributed by atoms with Crippen molar-refractivity contribution in [1.82, 2.24) is 0 Å². The van der Waals surface area contributed by atoms with Crippen LogP contribution in [0.15, 0.2) is 47.5 Å². The van der Waals surface area contributed by atoms with Crippen molar-refractivity contribution in [2.45, 2.75) is 24.8 Å². The molecule has 6 heteroatoms. The fourth-order valence-electron chi connectivity index (χ4n) is 3.00. The van der Waals surface area contributed by atoms with Gasteiger partial charge in [0.05, 0.1) is 25.9 Å². The van der Waals surface area contributed by atoms with Crippen LogP contribution in [0.3, 0.4) is 0 Å². The SMILES string of the molecule is COc1ccc(OC)c(NC(N)=NC2CC(c3cccc(Cl)c3)C2)c1. The Kier molecular flexibility index (Phi) is 5.34. The van der Waals surface area contributed by atoms with Crippen LogP contribution in [0.25, 0.3) is 0 Å². The van der Waals surface area contributed by atoms with E-state index in [0.29, 0.717) is 17.6 Å². The van der Waals surface area contributed by atoms with Crippen LogP contribution in [0.5, 0.6) is 11.5 Å². The molecule has 5 nitrogen and oxygen atoms in total. The highest BCUT2D eigenvalue weighted by atomic mass is 35.5. The predicted octanol–water partition coefficient (Wildman–Crippen LogP) is 4.03. The molecule has 25 heavy (non-hydrogen) atoms. The average molecular weight is 360 g/mol. The van der Waals surface area contributed by atoms with Gasteiger partial charge in [0.25, 0.3) is 0 Å². The first-order valence-corrected chi connectivity index (χ1v) is 8.54. The maximum Gasteiger partial charge on any atom is 0.193 e. The minimum absolute atomic E-state index is 0.216. The zero-order chi connectivity index (χ0) is 17.8. The number of nitrogens with one attached hydrogen (secondary N) is 1. The minimum Gasteiger partial charge on any atom is -0.497 e. The van der Waals surface area contributed by atoms with Crippen molar-refractivity contribution < 1.29 is 9.47 Å². The van der Waals surface area contributed by atoms with Crippen LogP contribution in [0, 0.1) is 0 Å². The zero-order valence-corrected chi connectivity index (χ0v) is 15.1. The van der Waals surface area contributed by atoms with Crippen molar-refractivity contribution in [3.8, 4) is 11.5 Å². The summed E-state index contributed by atoms with van der Waals surface area (Å²) in [6.45, 7) is 0. The number of guanidine groups is 1. The number of benzene rings is 2. The number of methoxy groups -OCH3 is 2. The van der Waals surface area contributed by atoms with Crippen molar-refractivity contribution in [3.05, 3.63) is 53.1 Å². The third kappa shape index (κ3) is 4.17. The lowest BCUT2D eigenvalue weighted by molar-refractivity contribution is 0.353. The van der Waals surface area contributed by atoms with E-state index in [9.17, 15) is 0 Å². The van der Waals surface area contributed by atoms with Crippen molar-refractivity contribution in [1.29, 1.82) is 0 Å². The van der Waals surface area contributed by atoms with Gasteiger partial charge in [-0.25, -0.2) is 4.99 Å². The Morgan fingerprint density at radius 1 is 1.16 bits per heavy atom. The van der Waals surface area contributed by atoms with Crippen LogP contribution in [-0.2, 0) is 0 Å². The molecule has 1 fully saturated rings. The summed E-state index contributed by atoms with van der Waals surface area (Å²) in [7, 11) is 3.23. The smallest absolute Gasteiger partial charge is 0.193 e. The van der Waals surface area contributed by atoms with E-state index in [1.54, 1.807) is 14.2 Å². The Hall–Kier alpha value is -2.40. The van der Waals surface area contributed by atoms with Crippen LogP contribution in [0.4, 0.5) is 5.69 Å². The molecule has 0 radical (unpaired) electrons. The highest BCUT2D eigenvalue weighted by Gasteiger charge is 2.30. The van der Waals surface area contributed by atoms with E-state index in [4.69, 9.17) is 26.8 Å². The topological polar surface area (TPSA) is 68.9 Å². The summed E-state index contributed by atoms with van der Waals surface area (Å²) in [5.41, 5.74) is 8.06. The van der Waals surface area contributed by atoms with E-state index >= 15 is 0 Å². The first-order chi connectivity index (χ1) is 12.1. The Bertz CT molecular complexity index is 773. The van der Waals surface area contributed by atoms with Gasteiger partial charge in [-0.05, 0) is 48.6 Å². The largest absolute Gasteiger partial charge is 0.497 e. The van der Waals surface area contributed by atoms with Gasteiger partial charge >= 0.3 is 0 Å². The average Bonchev–Trinajstić information content (AvgIpc) is 2.57. The molecule has 0 atom stereocenters. The normalized spacial score (nSPS) is 19.9. The van der Waals surface area contributed by atoms with E-state index in [0.717, 1.165) is 29.3 Å². The van der Waals surface area contributed by atoms with Gasteiger partial charge in [-0.2, -0.15) is 0 Å². The monoisotopic (exact) mass is 359 g/mol. The Morgan fingerprint density at radius 3 is 2.64 bits per heavy atom. The number of rotatable bonds is 5. The molecule has 0 saturated heterocycles. The van der Waals surface area contributed by atoms with E-state index in [1.165, 1.54) is 5.56 Å². The van der Waals surface area contributed by atoms with Crippen LogP contribution in [0.1, 0.15) is 24.3 Å². The van der Waals surface area contributed by atoms with Crippen molar-refractivity contribution in [2.75, 3.05) is 19.5 Å². The summed E-state index contributed by atoms with van der Waals surface area (Å²) < 4.78 is 10.6. The zero-order valence-electron chi connectivity index (χ0n) is 14.3. The second-order valence-electron chi connectivity index (χ2n) is 6.08. The van der Waals surface area contributed by atoms with Gasteiger partial charge in [-0.15, -0.1) is 0 Å². The van der Waals surface area contributed by atoms with Crippen LogP contribution >= 0.6 is 11.6 Å². The summed E-state index contributed by atoms with van der Waals surface area (Å²) in [6, 6.07) is 13.7. The van der Waals surface area contributed by atoms with Gasteiger partial charge in [0.2, 0.25) is 0 Å². The molecule has 0 amide bonds. The summed E-state index contributed by atoms with van der Waals surface area (Å²) in [6.07, 6.45) is 1.94. The Morgan fingerprint density at radius 2 is 1.96 bits per heavy atom. The third-order valence-corrected chi connectivity index (χ3v) is 4.66. The molecule has 0 heterocycles. The lowest BCUT2D eigenvalue weighted by Gasteiger charge is -2.33. The van der Waals surface area contributed by atoms with Crippen LogP contribution < -0.4 is 20.5 Å². The molecule has 0 aromatic heterocycles. The maximum atomic E-state index is 6.06. The summed E-state index contributed by atoms with van der Waals surface area (Å²) in [4.78, 5) is 4.56. The molecule has 2 aromatic carbocycles. The second-order valence-corrected chi connectivity index (χ2v) is 6.52. The number of nitrogens with two attached hydrogens (primary N) is 1. The predicted molar refractivity (Wildman–Crippen MR) is 102 cm³/mol. The molecule has 1 saturated carbocycles. The summed E-state index contributed by atoms with van der Waals surface area (Å²) >= 11 is 6.05. The second kappa shape index (κ2) is 7.66. The number of halogens is 1. The van der Waals surface area contributed by atoms with Crippen molar-refractivity contribution in [3.63, 3.8) is 0 Å². The number of hydrogen-bond acceptors (Lipinski definition) is 3. The summed E-state index contributed by atoms with van der Waals surface area (Å²) in [5, 5.41) is 3.87. The number of hydrogen-bond donors (Lipinski definition) is 2. The number of nitrogens with zero attached hydrogens (tertiary/aromatic N) is 1. The molecule has 3 rings (SSSR count). The molecule has 132 valence electrons. The Balaban J connectivity index is 1.62. The molecule has 1 aliphatic rings. The van der Waals surface area contributed by atoms with Gasteiger partial charge < -0.3 is 20.5 Å². The standard InChI is InChI=1S/C19H22ClN3O2/c1-24-16-6-7-18(25-2)17(11-16)23-19(21)22-15-9-13(10-15)12-4-3-5-14(20)8-12/h3-8,11,13,15H,9-10H2,1-2H3,(H3,21,22,23). The van der Waals surface area contributed by atoms with Crippen molar-refractivity contribution in [2.24, 2.45) is 10.7 Å². The molecule has 2 aromatic rings. The van der Waals surface area contributed by atoms with Gasteiger partial charge in [0, 0.05) is 11.1 Å². The van der Waals surface area contributed by atoms with Gasteiger partial charge in [0.1, 0.15) is 11.5 Å². The molecule has 0 spiro atoms. The van der Waals surface area contributed by atoms with E-state index in [-0.39, 0.29) is 6.04 Å². The molecule has 1 aliphatic carbocycles. The highest BCUT2D eigenvalue weighted by molar-refractivity contribution is 6.30. The lowest BCUT2D eigenvalue weighted by atomic mass is 9.76. The number of ether oxygens (including phenoxy) is 2. The minimum atomic E-state index is 0.216. The van der Waals surface area contributed by atoms with Crippen LogP contribution in [0.2, 0.25) is 5.02 Å². The van der Waals surface area contributed by atoms with E-state index in [1.807, 2.05) is 36.4 Å². The molecular weight excluding hydrogens is 338 g/mol. The van der Waals surface area contributed by atoms with Gasteiger partial charge in [0.15, 0.2) is 5.96 Å². The number of aliphatic imine (C=N–C) groups is 1. The first-order valence-electron chi connectivity index (χ1n) is 8.17. The molecule has 0 aliphatic heterocycles. The number of anilines is 1. The van der Waals surface area contributed by atoms with Gasteiger partial charge in [-0.1, -0.05) is 23.7 Å². The first kappa shape index (κ1) is 17.4. The quantitative estimate of drug-likeness (QED) is 0.624. The van der Waals surface area contributed by atoms with E-state index < -0.39 is 0 Å². The van der Waals surface area contributed by atoms with Crippen LogP contribution in [-0.4, -0.2) is 26.2 Å². The Labute approximate surface area is 152 Å². The fraction of sp³-hybridized carbons (Fsp3) is 0.316. The molecule has 0 unspecified atom stereocenters. The highest BCUT2D eigenvalue weighted by Crippen LogP contribution is 2.39. The molecule has 3 N–H and O–H groups in total. The lowest BCUT2D eigenvalue weighted by Crippen LogP contribution is -2.31.